The second kappa shape index (κ2) is 4.89. The van der Waals surface area contributed by atoms with Crippen LogP contribution in [0.5, 0.6) is 0 Å². The minimum atomic E-state index is -3.68. The van der Waals surface area contributed by atoms with Gasteiger partial charge in [-0.2, -0.15) is 5.10 Å². The normalized spacial score (nSPS) is 12.1. The molecule has 10 heteroatoms. The number of aromatic nitrogens is 4. The molecule has 0 bridgehead atoms. The number of nitrogens with zero attached hydrogens (tertiary/aromatic N) is 3. The number of hydrogen-bond donors (Lipinski definition) is 3. The molecule has 0 aromatic carbocycles. The minimum Gasteiger partial charge on any atom is -0.371 e. The molecule has 0 unspecified atom stereocenters. The lowest BCUT2D eigenvalue weighted by molar-refractivity contribution is 0.577. The highest BCUT2D eigenvalue weighted by molar-refractivity contribution is 7.89. The predicted molar refractivity (Wildman–Crippen MR) is 75.2 cm³/mol. The van der Waals surface area contributed by atoms with Crippen LogP contribution in [0.25, 0.3) is 4.96 Å². The topological polar surface area (TPSA) is 104 Å². The van der Waals surface area contributed by atoms with E-state index in [0.717, 1.165) is 5.56 Å². The van der Waals surface area contributed by atoms with E-state index in [9.17, 15) is 8.42 Å². The van der Waals surface area contributed by atoms with Crippen molar-refractivity contribution in [3.8, 4) is 0 Å². The first-order valence-corrected chi connectivity index (χ1v) is 8.09. The van der Waals surface area contributed by atoms with Gasteiger partial charge in [0, 0.05) is 36.9 Å². The number of nitrogens with one attached hydrogen (secondary N) is 3. The highest BCUT2D eigenvalue weighted by Crippen LogP contribution is 2.25. The Kier molecular flexibility index (Phi) is 3.20. The van der Waals surface area contributed by atoms with Gasteiger partial charge in [0.25, 0.3) is 10.0 Å². The third-order valence-electron chi connectivity index (χ3n) is 2.73. The van der Waals surface area contributed by atoms with E-state index >= 15 is 0 Å². The fourth-order valence-corrected chi connectivity index (χ4v) is 3.88. The van der Waals surface area contributed by atoms with E-state index in [4.69, 9.17) is 0 Å². The number of imidazole rings is 1. The first kappa shape index (κ1) is 13.1. The summed E-state index contributed by atoms with van der Waals surface area (Å²) in [6.07, 6.45) is 4.89. The SMILES string of the molecule is CNc1nc2sccn2c1S(=O)(=O)NCc1cn[nH]c1. The minimum absolute atomic E-state index is 0.111. The Morgan fingerprint density at radius 2 is 2.35 bits per heavy atom. The van der Waals surface area contributed by atoms with Crippen molar-refractivity contribution >= 4 is 32.1 Å². The van der Waals surface area contributed by atoms with Crippen LogP contribution in [0, 0.1) is 0 Å². The zero-order valence-corrected chi connectivity index (χ0v) is 12.1. The lowest BCUT2D eigenvalue weighted by atomic mass is 10.4. The third kappa shape index (κ3) is 2.17. The summed E-state index contributed by atoms with van der Waals surface area (Å²) in [6.45, 7) is 0.166. The van der Waals surface area contributed by atoms with E-state index in [1.54, 1.807) is 35.4 Å². The second-order valence-corrected chi connectivity index (χ2v) is 6.56. The fourth-order valence-electron chi connectivity index (χ4n) is 1.81. The van der Waals surface area contributed by atoms with Gasteiger partial charge in [0.15, 0.2) is 15.8 Å². The van der Waals surface area contributed by atoms with Crippen LogP contribution in [-0.4, -0.2) is 35.0 Å². The molecule has 20 heavy (non-hydrogen) atoms. The number of sulfonamides is 1. The zero-order chi connectivity index (χ0) is 14.2. The van der Waals surface area contributed by atoms with E-state index in [-0.39, 0.29) is 11.6 Å². The molecule has 0 aliphatic rings. The van der Waals surface area contributed by atoms with Crippen LogP contribution < -0.4 is 10.0 Å². The summed E-state index contributed by atoms with van der Waals surface area (Å²) in [5, 5.41) is 11.1. The lowest BCUT2D eigenvalue weighted by Crippen LogP contribution is -2.25. The van der Waals surface area contributed by atoms with Crippen molar-refractivity contribution in [2.45, 2.75) is 11.6 Å². The number of anilines is 1. The first-order chi connectivity index (χ1) is 9.62. The van der Waals surface area contributed by atoms with Crippen LogP contribution in [0.1, 0.15) is 5.56 Å². The van der Waals surface area contributed by atoms with Crippen molar-refractivity contribution in [1.29, 1.82) is 0 Å². The first-order valence-electron chi connectivity index (χ1n) is 5.72. The van der Waals surface area contributed by atoms with E-state index in [1.165, 1.54) is 11.3 Å². The van der Waals surface area contributed by atoms with Crippen LogP contribution in [0.2, 0.25) is 0 Å². The maximum absolute atomic E-state index is 12.4. The average molecular weight is 312 g/mol. The number of thiazole rings is 1. The molecule has 0 fully saturated rings. The summed E-state index contributed by atoms with van der Waals surface area (Å²) in [4.78, 5) is 4.86. The summed E-state index contributed by atoms with van der Waals surface area (Å²) >= 11 is 1.37. The fraction of sp³-hybridized carbons (Fsp3) is 0.200. The maximum Gasteiger partial charge on any atom is 0.260 e. The van der Waals surface area contributed by atoms with Crippen LogP contribution in [0.4, 0.5) is 5.82 Å². The molecule has 0 saturated carbocycles. The van der Waals surface area contributed by atoms with Crippen molar-refractivity contribution in [2.24, 2.45) is 0 Å². The van der Waals surface area contributed by atoms with Gasteiger partial charge in [-0.1, -0.05) is 0 Å². The van der Waals surface area contributed by atoms with Crippen LogP contribution >= 0.6 is 11.3 Å². The van der Waals surface area contributed by atoms with Crippen molar-refractivity contribution in [1.82, 2.24) is 24.3 Å². The largest absolute Gasteiger partial charge is 0.371 e. The van der Waals surface area contributed by atoms with Crippen molar-refractivity contribution in [2.75, 3.05) is 12.4 Å². The van der Waals surface area contributed by atoms with Crippen LogP contribution in [-0.2, 0) is 16.6 Å². The number of fused-ring (bicyclic) bond motifs is 1. The summed E-state index contributed by atoms with van der Waals surface area (Å²) in [7, 11) is -2.04. The lowest BCUT2D eigenvalue weighted by Gasteiger charge is -2.06. The predicted octanol–water partition coefficient (Wildman–Crippen LogP) is 0.639. The Balaban J connectivity index is 1.97. The van der Waals surface area contributed by atoms with Crippen LogP contribution in [0.3, 0.4) is 0 Å². The second-order valence-electron chi connectivity index (χ2n) is 4.00. The Labute approximate surface area is 118 Å². The molecule has 0 atom stereocenters. The maximum atomic E-state index is 12.4. The standard InChI is InChI=1S/C10H12N6O2S2/c1-11-8-9(16-2-3-19-10(16)15-8)20(17,18)14-6-7-4-12-13-5-7/h2-5,11,14H,6H2,1H3,(H,12,13). The van der Waals surface area contributed by atoms with E-state index in [1.807, 2.05) is 0 Å². The molecule has 0 aliphatic heterocycles. The molecule has 0 spiro atoms. The average Bonchev–Trinajstić information content (AvgIpc) is 3.11. The smallest absolute Gasteiger partial charge is 0.260 e. The van der Waals surface area contributed by atoms with Crippen LogP contribution in [0.15, 0.2) is 29.0 Å². The summed E-state index contributed by atoms with van der Waals surface area (Å²) in [5.74, 6) is 0.330. The molecule has 3 aromatic heterocycles. The number of aromatic amines is 1. The quantitative estimate of drug-likeness (QED) is 0.641. The molecule has 106 valence electrons. The van der Waals surface area contributed by atoms with Gasteiger partial charge in [0.1, 0.15) is 0 Å². The molecule has 3 N–H and O–H groups in total. The monoisotopic (exact) mass is 312 g/mol. The van der Waals surface area contributed by atoms with Gasteiger partial charge in [-0.05, 0) is 0 Å². The number of hydrogen-bond acceptors (Lipinski definition) is 6. The van der Waals surface area contributed by atoms with Crippen molar-refractivity contribution in [3.63, 3.8) is 0 Å². The molecular weight excluding hydrogens is 300 g/mol. The molecule has 0 saturated heterocycles. The summed E-state index contributed by atoms with van der Waals surface area (Å²) < 4.78 is 29.0. The molecule has 0 aliphatic carbocycles. The highest BCUT2D eigenvalue weighted by atomic mass is 32.2. The van der Waals surface area contributed by atoms with Gasteiger partial charge in [-0.15, -0.1) is 11.3 Å². The molecule has 0 radical (unpaired) electrons. The molecule has 0 amide bonds. The van der Waals surface area contributed by atoms with Gasteiger partial charge in [-0.25, -0.2) is 18.1 Å². The Morgan fingerprint density at radius 1 is 1.50 bits per heavy atom. The van der Waals surface area contributed by atoms with Gasteiger partial charge >= 0.3 is 0 Å². The number of H-pyrrole nitrogens is 1. The Hall–Kier alpha value is -1.91. The molecular formula is C10H12N6O2S2. The van der Waals surface area contributed by atoms with E-state index < -0.39 is 10.0 Å². The third-order valence-corrected chi connectivity index (χ3v) is 4.91. The molecule has 3 heterocycles. The van der Waals surface area contributed by atoms with Gasteiger partial charge in [-0.3, -0.25) is 9.50 Å². The zero-order valence-electron chi connectivity index (χ0n) is 10.5. The van der Waals surface area contributed by atoms with Crippen molar-refractivity contribution < 1.29 is 8.42 Å². The summed E-state index contributed by atoms with van der Waals surface area (Å²) in [5.41, 5.74) is 0.755. The summed E-state index contributed by atoms with van der Waals surface area (Å²) in [6, 6.07) is 0. The Bertz CT molecular complexity index is 817. The van der Waals surface area contributed by atoms with Gasteiger partial charge in [0.2, 0.25) is 0 Å². The molecule has 3 aromatic rings. The van der Waals surface area contributed by atoms with Gasteiger partial charge in [0.05, 0.1) is 6.20 Å². The Morgan fingerprint density at radius 3 is 3.05 bits per heavy atom. The van der Waals surface area contributed by atoms with E-state index in [0.29, 0.717) is 10.8 Å². The van der Waals surface area contributed by atoms with E-state index in [2.05, 4.69) is 25.2 Å². The molecule has 3 rings (SSSR count). The van der Waals surface area contributed by atoms with Crippen molar-refractivity contribution in [3.05, 3.63) is 29.5 Å². The molecule has 8 nitrogen and oxygen atoms in total. The van der Waals surface area contributed by atoms with Gasteiger partial charge < -0.3 is 5.32 Å². The number of rotatable bonds is 5. The highest BCUT2D eigenvalue weighted by Gasteiger charge is 2.25.